The number of piperidine rings is 1. The molecule has 0 unspecified atom stereocenters. The number of hydrogen-bond acceptors (Lipinski definition) is 4. The fourth-order valence-corrected chi connectivity index (χ4v) is 3.79. The van der Waals surface area contributed by atoms with Gasteiger partial charge in [-0.2, -0.15) is 0 Å². The minimum Gasteiger partial charge on any atom is -0.395 e. The van der Waals surface area contributed by atoms with Crippen LogP contribution in [0.4, 0.5) is 0 Å². The summed E-state index contributed by atoms with van der Waals surface area (Å²) in [6, 6.07) is 18.6. The summed E-state index contributed by atoms with van der Waals surface area (Å²) in [5.74, 6) is 0. The van der Waals surface area contributed by atoms with Gasteiger partial charge >= 0.3 is 0 Å². The Kier molecular flexibility index (Phi) is 7.41. The highest BCUT2D eigenvalue weighted by Crippen LogP contribution is 2.26. The van der Waals surface area contributed by atoms with E-state index in [9.17, 15) is 10.2 Å². The van der Waals surface area contributed by atoms with E-state index in [1.807, 2.05) is 18.2 Å². The van der Waals surface area contributed by atoms with E-state index in [2.05, 4.69) is 48.2 Å². The van der Waals surface area contributed by atoms with Gasteiger partial charge < -0.3 is 14.9 Å². The van der Waals surface area contributed by atoms with Crippen molar-refractivity contribution in [2.24, 2.45) is 0 Å². The van der Waals surface area contributed by atoms with Crippen LogP contribution in [-0.4, -0.2) is 53.6 Å². The second kappa shape index (κ2) is 10.00. The molecule has 4 heteroatoms. The SMILES string of the molecule is Cc1ccc([C@H](OC[C@H](O)CN2CCCC[C@@H]2CO)c2ccccc2)cc1. The van der Waals surface area contributed by atoms with Crippen molar-refractivity contribution in [2.75, 3.05) is 26.3 Å². The van der Waals surface area contributed by atoms with Gasteiger partial charge in [-0.05, 0) is 37.4 Å². The summed E-state index contributed by atoms with van der Waals surface area (Å²) in [6.45, 7) is 3.97. The topological polar surface area (TPSA) is 52.9 Å². The smallest absolute Gasteiger partial charge is 0.108 e. The number of likely N-dealkylation sites (tertiary alicyclic amines) is 1. The third-order valence-electron chi connectivity index (χ3n) is 5.34. The van der Waals surface area contributed by atoms with Crippen LogP contribution in [0.3, 0.4) is 0 Å². The van der Waals surface area contributed by atoms with Crippen LogP contribution in [0, 0.1) is 6.92 Å². The van der Waals surface area contributed by atoms with E-state index in [0.29, 0.717) is 6.54 Å². The number of rotatable bonds is 8. The van der Waals surface area contributed by atoms with Crippen molar-refractivity contribution in [3.8, 4) is 0 Å². The molecule has 0 spiro atoms. The van der Waals surface area contributed by atoms with Crippen LogP contribution in [0.2, 0.25) is 0 Å². The van der Waals surface area contributed by atoms with Crippen LogP contribution in [0.15, 0.2) is 54.6 Å². The van der Waals surface area contributed by atoms with Crippen molar-refractivity contribution >= 4 is 0 Å². The predicted molar refractivity (Wildman–Crippen MR) is 108 cm³/mol. The second-order valence-electron chi connectivity index (χ2n) is 7.52. The van der Waals surface area contributed by atoms with E-state index in [0.717, 1.165) is 36.9 Å². The Hall–Kier alpha value is -1.72. The average molecular weight is 370 g/mol. The number of hydrogen-bond donors (Lipinski definition) is 2. The molecule has 1 aliphatic heterocycles. The standard InChI is InChI=1S/C23H31NO3/c1-18-10-12-20(13-11-18)23(19-7-3-2-4-8-19)27-17-22(26)15-24-14-6-5-9-21(24)16-25/h2-4,7-8,10-13,21-23,25-26H,5-6,9,14-17H2,1H3/t21-,22-,23-/m1/s1. The summed E-state index contributed by atoms with van der Waals surface area (Å²) in [5, 5.41) is 20.1. The summed E-state index contributed by atoms with van der Waals surface area (Å²) < 4.78 is 6.19. The van der Waals surface area contributed by atoms with Crippen LogP contribution >= 0.6 is 0 Å². The van der Waals surface area contributed by atoms with Gasteiger partial charge in [0.2, 0.25) is 0 Å². The van der Waals surface area contributed by atoms with Gasteiger partial charge in [0.05, 0.1) is 19.3 Å². The molecule has 0 amide bonds. The molecule has 2 aromatic carbocycles. The zero-order valence-electron chi connectivity index (χ0n) is 16.1. The Morgan fingerprint density at radius 2 is 1.74 bits per heavy atom. The van der Waals surface area contributed by atoms with Crippen LogP contribution in [0.5, 0.6) is 0 Å². The molecule has 2 aromatic rings. The number of ether oxygens (including phenoxy) is 1. The largest absolute Gasteiger partial charge is 0.395 e. The van der Waals surface area contributed by atoms with Gasteiger partial charge in [-0.15, -0.1) is 0 Å². The van der Waals surface area contributed by atoms with Crippen LogP contribution in [-0.2, 0) is 4.74 Å². The minimum absolute atomic E-state index is 0.156. The monoisotopic (exact) mass is 369 g/mol. The van der Waals surface area contributed by atoms with Crippen molar-refractivity contribution in [3.05, 3.63) is 71.3 Å². The number of aryl methyl sites for hydroxylation is 1. The third kappa shape index (κ3) is 5.63. The molecular formula is C23H31NO3. The highest BCUT2D eigenvalue weighted by molar-refractivity contribution is 5.31. The van der Waals surface area contributed by atoms with E-state index in [4.69, 9.17) is 4.74 Å². The van der Waals surface area contributed by atoms with Gasteiger partial charge in [-0.1, -0.05) is 66.6 Å². The van der Waals surface area contributed by atoms with Gasteiger partial charge in [0.15, 0.2) is 0 Å². The Bertz CT molecular complexity index is 674. The van der Waals surface area contributed by atoms with Crippen molar-refractivity contribution < 1.29 is 14.9 Å². The molecule has 3 atom stereocenters. The number of aliphatic hydroxyl groups is 2. The molecule has 1 heterocycles. The van der Waals surface area contributed by atoms with E-state index in [1.54, 1.807) is 0 Å². The number of β-amino-alcohol motifs (C(OH)–C–C–N with tert-alkyl or cyclic N) is 1. The molecule has 1 saturated heterocycles. The lowest BCUT2D eigenvalue weighted by Gasteiger charge is -2.36. The van der Waals surface area contributed by atoms with Crippen LogP contribution < -0.4 is 0 Å². The molecule has 0 saturated carbocycles. The molecule has 1 fully saturated rings. The number of benzene rings is 2. The zero-order valence-corrected chi connectivity index (χ0v) is 16.1. The summed E-state index contributed by atoms with van der Waals surface area (Å²) in [7, 11) is 0. The summed E-state index contributed by atoms with van der Waals surface area (Å²) in [6.07, 6.45) is 2.50. The molecule has 3 rings (SSSR count). The van der Waals surface area contributed by atoms with Crippen molar-refractivity contribution in [1.82, 2.24) is 4.90 Å². The van der Waals surface area contributed by atoms with Gasteiger partial charge in [-0.3, -0.25) is 4.90 Å². The van der Waals surface area contributed by atoms with Gasteiger partial charge in [-0.25, -0.2) is 0 Å². The normalized spacial score (nSPS) is 20.3. The van der Waals surface area contributed by atoms with Crippen LogP contribution in [0.25, 0.3) is 0 Å². The molecule has 1 aliphatic rings. The first-order chi connectivity index (χ1) is 13.2. The molecular weight excluding hydrogens is 338 g/mol. The minimum atomic E-state index is -0.575. The van der Waals surface area contributed by atoms with Gasteiger partial charge in [0, 0.05) is 12.6 Å². The van der Waals surface area contributed by atoms with Crippen molar-refractivity contribution in [2.45, 2.75) is 44.4 Å². The highest BCUT2D eigenvalue weighted by atomic mass is 16.5. The third-order valence-corrected chi connectivity index (χ3v) is 5.34. The van der Waals surface area contributed by atoms with Crippen molar-refractivity contribution in [1.29, 1.82) is 0 Å². The molecule has 2 N–H and O–H groups in total. The Labute approximate surface area is 162 Å². The van der Waals surface area contributed by atoms with E-state index in [1.165, 1.54) is 5.56 Å². The lowest BCUT2D eigenvalue weighted by Crippen LogP contribution is -2.46. The lowest BCUT2D eigenvalue weighted by atomic mass is 10.0. The number of aliphatic hydroxyl groups excluding tert-OH is 2. The maximum absolute atomic E-state index is 10.6. The first-order valence-electron chi connectivity index (χ1n) is 9.93. The maximum Gasteiger partial charge on any atom is 0.108 e. The summed E-state index contributed by atoms with van der Waals surface area (Å²) in [4.78, 5) is 2.20. The van der Waals surface area contributed by atoms with Gasteiger partial charge in [0.1, 0.15) is 6.10 Å². The summed E-state index contributed by atoms with van der Waals surface area (Å²) >= 11 is 0. The first-order valence-corrected chi connectivity index (χ1v) is 9.93. The van der Waals surface area contributed by atoms with Crippen molar-refractivity contribution in [3.63, 3.8) is 0 Å². The highest BCUT2D eigenvalue weighted by Gasteiger charge is 2.24. The molecule has 0 aliphatic carbocycles. The fourth-order valence-electron chi connectivity index (χ4n) is 3.79. The fraction of sp³-hybridized carbons (Fsp3) is 0.478. The maximum atomic E-state index is 10.6. The molecule has 27 heavy (non-hydrogen) atoms. The van der Waals surface area contributed by atoms with E-state index >= 15 is 0 Å². The quantitative estimate of drug-likeness (QED) is 0.750. The zero-order chi connectivity index (χ0) is 19.1. The lowest BCUT2D eigenvalue weighted by molar-refractivity contribution is -0.0236. The Morgan fingerprint density at radius 1 is 1.04 bits per heavy atom. The molecule has 0 radical (unpaired) electrons. The molecule has 0 bridgehead atoms. The van der Waals surface area contributed by atoms with E-state index in [-0.39, 0.29) is 25.4 Å². The average Bonchev–Trinajstić information content (AvgIpc) is 2.70. The van der Waals surface area contributed by atoms with E-state index < -0.39 is 6.10 Å². The second-order valence-corrected chi connectivity index (χ2v) is 7.52. The molecule has 146 valence electrons. The Balaban J connectivity index is 1.64. The molecule has 4 nitrogen and oxygen atoms in total. The van der Waals surface area contributed by atoms with Crippen LogP contribution in [0.1, 0.15) is 42.1 Å². The van der Waals surface area contributed by atoms with Gasteiger partial charge in [0.25, 0.3) is 0 Å². The molecule has 0 aromatic heterocycles. The first kappa shape index (κ1) is 20.0. The Morgan fingerprint density at radius 3 is 2.44 bits per heavy atom. The number of nitrogens with zero attached hydrogens (tertiary/aromatic N) is 1. The predicted octanol–water partition coefficient (Wildman–Crippen LogP) is 3.31. The summed E-state index contributed by atoms with van der Waals surface area (Å²) in [5.41, 5.74) is 3.38.